The Hall–Kier alpha value is -5.86. The van der Waals surface area contributed by atoms with E-state index >= 15 is 0 Å². The van der Waals surface area contributed by atoms with Crippen LogP contribution in [0.5, 0.6) is 0 Å². The van der Waals surface area contributed by atoms with E-state index in [4.69, 9.17) is 9.40 Å². The quantitative estimate of drug-likeness (QED) is 0.161. The van der Waals surface area contributed by atoms with E-state index in [1.807, 2.05) is 6.20 Å². The van der Waals surface area contributed by atoms with Crippen LogP contribution < -0.4 is 0 Å². The van der Waals surface area contributed by atoms with Crippen LogP contribution in [0.25, 0.3) is 88.8 Å². The van der Waals surface area contributed by atoms with Crippen LogP contribution in [0.3, 0.4) is 0 Å². The molecule has 53 heavy (non-hydrogen) atoms. The summed E-state index contributed by atoms with van der Waals surface area (Å²) < 4.78 is 6.32. The van der Waals surface area contributed by atoms with Gasteiger partial charge in [0.2, 0.25) is 0 Å². The first kappa shape index (κ1) is 33.0. The van der Waals surface area contributed by atoms with Gasteiger partial charge in [-0.1, -0.05) is 140 Å². The maximum absolute atomic E-state index is 6.32. The van der Waals surface area contributed by atoms with Gasteiger partial charge in [0.1, 0.15) is 11.2 Å². The minimum Gasteiger partial charge on any atom is -0.456 e. The molecule has 1 aliphatic carbocycles. The molecule has 2 aromatic heterocycles. The van der Waals surface area contributed by atoms with Crippen molar-refractivity contribution in [3.05, 3.63) is 187 Å². The van der Waals surface area contributed by atoms with Crippen LogP contribution in [-0.2, 0) is 25.5 Å². The average Bonchev–Trinajstić information content (AvgIpc) is 3.69. The smallest absolute Gasteiger partial charge is 0.135 e. The van der Waals surface area contributed by atoms with Crippen LogP contribution in [0.1, 0.15) is 25.0 Å². The van der Waals surface area contributed by atoms with Gasteiger partial charge in [0, 0.05) is 37.1 Å². The molecule has 1 radical (unpaired) electrons. The second kappa shape index (κ2) is 13.0. The van der Waals surface area contributed by atoms with Gasteiger partial charge < -0.3 is 9.40 Å². The molecule has 1 aliphatic rings. The molecule has 2 nitrogen and oxygen atoms in total. The Labute approximate surface area is 323 Å². The van der Waals surface area contributed by atoms with Gasteiger partial charge in [0.15, 0.2) is 0 Å². The van der Waals surface area contributed by atoms with E-state index in [1.165, 1.54) is 50.1 Å². The van der Waals surface area contributed by atoms with Crippen molar-refractivity contribution in [1.29, 1.82) is 0 Å². The van der Waals surface area contributed by atoms with Gasteiger partial charge in [-0.15, -0.1) is 29.3 Å². The van der Waals surface area contributed by atoms with Crippen molar-refractivity contribution >= 4 is 21.9 Å². The molecule has 9 aromatic rings. The number of rotatable bonds is 5. The summed E-state index contributed by atoms with van der Waals surface area (Å²) >= 11 is 0. The topological polar surface area (TPSA) is 26.0 Å². The summed E-state index contributed by atoms with van der Waals surface area (Å²) in [6.07, 6.45) is 1.98. The molecule has 0 aliphatic heterocycles. The van der Waals surface area contributed by atoms with Gasteiger partial charge in [0.25, 0.3) is 0 Å². The maximum atomic E-state index is 6.32. The number of pyridine rings is 1. The summed E-state index contributed by atoms with van der Waals surface area (Å²) in [6.45, 7) is 4.61. The van der Waals surface area contributed by atoms with E-state index in [0.29, 0.717) is 0 Å². The molecule has 3 heteroatoms. The Morgan fingerprint density at radius 3 is 1.66 bits per heavy atom. The largest absolute Gasteiger partial charge is 0.456 e. The summed E-state index contributed by atoms with van der Waals surface area (Å²) in [6, 6.07) is 62.0. The third-order valence-corrected chi connectivity index (χ3v) is 10.9. The van der Waals surface area contributed by atoms with E-state index in [-0.39, 0.29) is 25.5 Å². The predicted octanol–water partition coefficient (Wildman–Crippen LogP) is 13.4. The molecule has 2 heterocycles. The van der Waals surface area contributed by atoms with E-state index in [0.717, 1.165) is 49.9 Å². The number of nitrogens with zero attached hydrogens (tertiary/aromatic N) is 1. The first-order chi connectivity index (χ1) is 25.5. The molecule has 0 bridgehead atoms. The Balaban J connectivity index is 0.00000372. The molecule has 0 spiro atoms. The average molecular weight is 857 g/mol. The van der Waals surface area contributed by atoms with Crippen molar-refractivity contribution in [3.63, 3.8) is 0 Å². The second-order valence-electron chi connectivity index (χ2n) is 14.3. The van der Waals surface area contributed by atoms with Crippen molar-refractivity contribution in [3.8, 4) is 66.9 Å². The zero-order valence-electron chi connectivity index (χ0n) is 29.4. The fourth-order valence-electron chi connectivity index (χ4n) is 8.04. The van der Waals surface area contributed by atoms with Crippen molar-refractivity contribution in [2.24, 2.45) is 0 Å². The fraction of sp³-hybridized carbons (Fsp3) is 0.0600. The number of furan rings is 1. The third kappa shape index (κ3) is 5.65. The van der Waals surface area contributed by atoms with E-state index in [1.54, 1.807) is 0 Å². The zero-order chi connectivity index (χ0) is 34.8. The first-order valence-electron chi connectivity index (χ1n) is 17.9. The van der Waals surface area contributed by atoms with Gasteiger partial charge in [-0.2, -0.15) is 0 Å². The molecule has 255 valence electrons. The minimum absolute atomic E-state index is 0. The van der Waals surface area contributed by atoms with Crippen LogP contribution in [0, 0.1) is 6.07 Å². The molecule has 7 aromatic carbocycles. The van der Waals surface area contributed by atoms with Gasteiger partial charge in [-0.05, 0) is 97.6 Å². The van der Waals surface area contributed by atoms with Crippen molar-refractivity contribution < 1.29 is 24.5 Å². The van der Waals surface area contributed by atoms with Crippen molar-refractivity contribution in [2.45, 2.75) is 19.3 Å². The predicted molar refractivity (Wildman–Crippen MR) is 215 cm³/mol. The zero-order valence-corrected chi connectivity index (χ0v) is 31.7. The van der Waals surface area contributed by atoms with Crippen LogP contribution in [-0.4, -0.2) is 4.98 Å². The molecule has 0 amide bonds. The van der Waals surface area contributed by atoms with Gasteiger partial charge >= 0.3 is 0 Å². The molecule has 0 fully saturated rings. The van der Waals surface area contributed by atoms with Crippen molar-refractivity contribution in [2.75, 3.05) is 0 Å². The SMILES string of the molecule is CC1(C)c2ccccc2-c2c[c-]c(-c3ccc(-c4ccc5oc6ccc(-c7cccc(-c8cccc(-c9ccccc9)c8)c7)cc6c5c4)cn3)cc21.[Ir]. The van der Waals surface area contributed by atoms with Gasteiger partial charge in [0.05, 0.1) is 0 Å². The molecule has 0 unspecified atom stereocenters. The molecule has 0 N–H and O–H groups in total. The number of benzene rings is 7. The Morgan fingerprint density at radius 1 is 0.472 bits per heavy atom. The summed E-state index contributed by atoms with van der Waals surface area (Å²) in [7, 11) is 0. The fourth-order valence-corrected chi connectivity index (χ4v) is 8.04. The first-order valence-corrected chi connectivity index (χ1v) is 17.9. The third-order valence-electron chi connectivity index (χ3n) is 10.9. The maximum Gasteiger partial charge on any atom is 0.135 e. The summed E-state index contributed by atoms with van der Waals surface area (Å²) in [4.78, 5) is 4.93. The van der Waals surface area contributed by atoms with E-state index in [9.17, 15) is 0 Å². The van der Waals surface area contributed by atoms with Crippen LogP contribution in [0.4, 0.5) is 0 Å². The van der Waals surface area contributed by atoms with Crippen LogP contribution >= 0.6 is 0 Å². The molecule has 10 rings (SSSR count). The number of fused-ring (bicyclic) bond motifs is 6. The monoisotopic (exact) mass is 857 g/mol. The molecule has 0 saturated heterocycles. The van der Waals surface area contributed by atoms with Gasteiger partial charge in [-0.3, -0.25) is 0 Å². The Kier molecular flexibility index (Phi) is 8.08. The van der Waals surface area contributed by atoms with E-state index < -0.39 is 0 Å². The van der Waals surface area contributed by atoms with Crippen LogP contribution in [0.2, 0.25) is 0 Å². The van der Waals surface area contributed by atoms with Crippen molar-refractivity contribution in [1.82, 2.24) is 4.98 Å². The summed E-state index contributed by atoms with van der Waals surface area (Å²) in [5, 5.41) is 2.20. The summed E-state index contributed by atoms with van der Waals surface area (Å²) in [5.74, 6) is 0. The Bertz CT molecular complexity index is 2810. The standard InChI is InChI=1S/C50H34NO.Ir/c1-50(2)45-17-7-6-16-41(45)42-22-18-39(30-46(42)50)47-23-19-40(31-51-47)38-21-25-49-44(29-38)43-28-37(20-24-48(43)52-49)36-15-9-14-35(27-36)34-13-8-12-33(26-34)32-10-4-3-5-11-32;/h3-17,19-31H,1-2H3;/q-1;. The second-order valence-corrected chi connectivity index (χ2v) is 14.3. The van der Waals surface area contributed by atoms with Crippen LogP contribution in [0.15, 0.2) is 174 Å². The van der Waals surface area contributed by atoms with E-state index in [2.05, 4.69) is 184 Å². The number of hydrogen-bond donors (Lipinski definition) is 0. The van der Waals surface area contributed by atoms with Gasteiger partial charge in [-0.25, -0.2) is 0 Å². The molecule has 0 atom stereocenters. The minimum atomic E-state index is -0.0599. The Morgan fingerprint density at radius 2 is 1.02 bits per heavy atom. The molecular weight excluding hydrogens is 823 g/mol. The normalized spacial score (nSPS) is 12.7. The molecular formula is C50H34IrNO-. The summed E-state index contributed by atoms with van der Waals surface area (Å²) in [5.41, 5.74) is 18.2. The number of aromatic nitrogens is 1. The molecule has 0 saturated carbocycles. The number of hydrogen-bond acceptors (Lipinski definition) is 2.